The quantitative estimate of drug-likeness (QED) is 0.107. The van der Waals surface area contributed by atoms with Gasteiger partial charge < -0.3 is 9.13 Å². The molecule has 3 heteroatoms. The van der Waals surface area contributed by atoms with Gasteiger partial charge in [-0.25, -0.2) is 0 Å². The summed E-state index contributed by atoms with van der Waals surface area (Å²) in [7, 11) is -2.85. The highest BCUT2D eigenvalue weighted by molar-refractivity contribution is 7.20. The molecular formula is C60H42N2Si. The van der Waals surface area contributed by atoms with Crippen LogP contribution in [0.15, 0.2) is 255 Å². The highest BCUT2D eigenvalue weighted by atomic mass is 28.3. The third-order valence-electron chi connectivity index (χ3n) is 13.1. The first-order valence-electron chi connectivity index (χ1n) is 21.8. The van der Waals surface area contributed by atoms with Crippen molar-refractivity contribution in [2.24, 2.45) is 0 Å². The van der Waals surface area contributed by atoms with Crippen LogP contribution in [0.4, 0.5) is 0 Å². The summed E-state index contributed by atoms with van der Waals surface area (Å²) in [5.41, 5.74) is 12.0. The van der Waals surface area contributed by atoms with E-state index in [1.165, 1.54) is 86.6 Å². The second-order valence-electron chi connectivity index (χ2n) is 16.4. The van der Waals surface area contributed by atoms with E-state index in [2.05, 4.69) is 264 Å². The minimum atomic E-state index is -2.85. The van der Waals surface area contributed by atoms with Crippen molar-refractivity contribution in [3.05, 3.63) is 255 Å². The fourth-order valence-corrected chi connectivity index (χ4v) is 15.4. The highest BCUT2D eigenvalue weighted by Crippen LogP contribution is 2.38. The van der Waals surface area contributed by atoms with Crippen molar-refractivity contribution in [1.82, 2.24) is 9.13 Å². The van der Waals surface area contributed by atoms with Crippen molar-refractivity contribution in [2.75, 3.05) is 0 Å². The maximum absolute atomic E-state index is 2.85. The molecule has 0 aliphatic carbocycles. The highest BCUT2D eigenvalue weighted by Gasteiger charge is 2.43. The molecule has 10 aromatic carbocycles. The predicted molar refractivity (Wildman–Crippen MR) is 270 cm³/mol. The molecule has 2 heterocycles. The molecule has 296 valence electrons. The monoisotopic (exact) mass is 818 g/mol. The summed E-state index contributed by atoms with van der Waals surface area (Å²) in [5, 5.41) is 10.5. The second kappa shape index (κ2) is 15.2. The fraction of sp³-hybridized carbons (Fsp3) is 0. The number of rotatable bonds is 8. The topological polar surface area (TPSA) is 9.86 Å². The molecule has 0 bridgehead atoms. The van der Waals surface area contributed by atoms with E-state index in [1.807, 2.05) is 0 Å². The molecular weight excluding hydrogens is 777 g/mol. The zero-order valence-electron chi connectivity index (χ0n) is 34.6. The van der Waals surface area contributed by atoms with Crippen molar-refractivity contribution in [3.8, 4) is 33.6 Å². The van der Waals surface area contributed by atoms with Crippen LogP contribution < -0.4 is 20.7 Å². The average molecular weight is 819 g/mol. The fourth-order valence-electron chi connectivity index (χ4n) is 10.4. The molecule has 63 heavy (non-hydrogen) atoms. The van der Waals surface area contributed by atoms with Crippen molar-refractivity contribution in [3.63, 3.8) is 0 Å². The Labute approximate surface area is 368 Å². The molecule has 12 aromatic rings. The summed E-state index contributed by atoms with van der Waals surface area (Å²) in [4.78, 5) is 0. The van der Waals surface area contributed by atoms with Crippen molar-refractivity contribution < 1.29 is 0 Å². The van der Waals surface area contributed by atoms with Gasteiger partial charge in [0.25, 0.3) is 0 Å². The van der Waals surface area contributed by atoms with Crippen LogP contribution in [-0.4, -0.2) is 17.2 Å². The van der Waals surface area contributed by atoms with E-state index in [1.54, 1.807) is 0 Å². The van der Waals surface area contributed by atoms with E-state index < -0.39 is 8.07 Å². The Morgan fingerprint density at radius 2 is 0.698 bits per heavy atom. The number of para-hydroxylation sites is 2. The average Bonchev–Trinajstić information content (AvgIpc) is 3.88. The Kier molecular flexibility index (Phi) is 8.87. The molecule has 0 saturated carbocycles. The van der Waals surface area contributed by atoms with Crippen molar-refractivity contribution in [1.29, 1.82) is 0 Å². The van der Waals surface area contributed by atoms with Gasteiger partial charge >= 0.3 is 0 Å². The van der Waals surface area contributed by atoms with Gasteiger partial charge in [-0.1, -0.05) is 206 Å². The van der Waals surface area contributed by atoms with Crippen LogP contribution in [0, 0.1) is 0 Å². The van der Waals surface area contributed by atoms with Crippen LogP contribution in [-0.2, 0) is 0 Å². The van der Waals surface area contributed by atoms with Gasteiger partial charge in [-0.3, -0.25) is 0 Å². The Balaban J connectivity index is 1.06. The first-order valence-corrected chi connectivity index (χ1v) is 23.8. The molecule has 2 aromatic heterocycles. The number of aromatic nitrogens is 2. The van der Waals surface area contributed by atoms with Gasteiger partial charge in [0.1, 0.15) is 0 Å². The van der Waals surface area contributed by atoms with E-state index >= 15 is 0 Å². The maximum atomic E-state index is 2.50. The minimum Gasteiger partial charge on any atom is -0.309 e. The van der Waals surface area contributed by atoms with Gasteiger partial charge in [-0.2, -0.15) is 0 Å². The third-order valence-corrected chi connectivity index (χ3v) is 17.9. The molecule has 0 radical (unpaired) electrons. The SMILES string of the molecule is c1ccc(-c2ccccc2-c2ccc(-n3c4ccccc4c4cc(-n5c6ccccc6c6c([Si](c7ccccc7)(c7ccccc7)c7ccccc7)cccc65)ccc43)cc2)cc1. The second-order valence-corrected chi connectivity index (χ2v) is 20.2. The Hall–Kier alpha value is -7.98. The van der Waals surface area contributed by atoms with Crippen molar-refractivity contribution >= 4 is 72.4 Å². The zero-order chi connectivity index (χ0) is 41.7. The van der Waals surface area contributed by atoms with E-state index in [0.29, 0.717) is 0 Å². The lowest BCUT2D eigenvalue weighted by Crippen LogP contribution is -2.74. The molecule has 0 amide bonds. The number of hydrogen-bond donors (Lipinski definition) is 0. The van der Waals surface area contributed by atoms with E-state index in [4.69, 9.17) is 0 Å². The number of nitrogens with zero attached hydrogens (tertiary/aromatic N) is 2. The molecule has 0 saturated heterocycles. The maximum Gasteiger partial charge on any atom is 0.180 e. The van der Waals surface area contributed by atoms with Crippen LogP contribution in [0.5, 0.6) is 0 Å². The van der Waals surface area contributed by atoms with Crippen LogP contribution in [0.2, 0.25) is 0 Å². The van der Waals surface area contributed by atoms with Gasteiger partial charge in [0.05, 0.1) is 22.1 Å². The van der Waals surface area contributed by atoms with Crippen LogP contribution in [0.3, 0.4) is 0 Å². The Bertz CT molecular complexity index is 3490. The lowest BCUT2D eigenvalue weighted by molar-refractivity contribution is 1.17. The first-order chi connectivity index (χ1) is 31.3. The van der Waals surface area contributed by atoms with Crippen LogP contribution in [0.25, 0.3) is 77.2 Å². The number of fused-ring (bicyclic) bond motifs is 6. The Morgan fingerprint density at radius 3 is 1.30 bits per heavy atom. The molecule has 0 fully saturated rings. The molecule has 0 atom stereocenters. The third kappa shape index (κ3) is 5.85. The van der Waals surface area contributed by atoms with Crippen LogP contribution in [0.1, 0.15) is 0 Å². The molecule has 2 nitrogen and oxygen atoms in total. The van der Waals surface area contributed by atoms with Gasteiger partial charge in [0.15, 0.2) is 8.07 Å². The minimum absolute atomic E-state index is 1.14. The smallest absolute Gasteiger partial charge is 0.180 e. The number of hydrogen-bond acceptors (Lipinski definition) is 0. The van der Waals surface area contributed by atoms with Gasteiger partial charge in [0, 0.05) is 32.9 Å². The summed E-state index contributed by atoms with van der Waals surface area (Å²) >= 11 is 0. The largest absolute Gasteiger partial charge is 0.309 e. The zero-order valence-corrected chi connectivity index (χ0v) is 35.6. The molecule has 0 aliphatic rings. The molecule has 0 aliphatic heterocycles. The Morgan fingerprint density at radius 1 is 0.270 bits per heavy atom. The van der Waals surface area contributed by atoms with E-state index in [9.17, 15) is 0 Å². The predicted octanol–water partition coefficient (Wildman–Crippen LogP) is 12.6. The molecule has 0 N–H and O–H groups in total. The van der Waals surface area contributed by atoms with Gasteiger partial charge in [-0.05, 0) is 91.5 Å². The van der Waals surface area contributed by atoms with E-state index in [0.717, 1.165) is 11.4 Å². The summed E-state index contributed by atoms with van der Waals surface area (Å²) in [6, 6.07) is 94.1. The summed E-state index contributed by atoms with van der Waals surface area (Å²) in [6.45, 7) is 0. The van der Waals surface area contributed by atoms with Crippen molar-refractivity contribution in [2.45, 2.75) is 0 Å². The van der Waals surface area contributed by atoms with Crippen LogP contribution >= 0.6 is 0 Å². The lowest BCUT2D eigenvalue weighted by atomic mass is 9.94. The van der Waals surface area contributed by atoms with E-state index in [-0.39, 0.29) is 0 Å². The van der Waals surface area contributed by atoms with Gasteiger partial charge in [0.2, 0.25) is 0 Å². The molecule has 12 rings (SSSR count). The lowest BCUT2D eigenvalue weighted by Gasteiger charge is -2.35. The number of benzene rings is 10. The first kappa shape index (κ1) is 36.8. The summed E-state index contributed by atoms with van der Waals surface area (Å²) in [6.07, 6.45) is 0. The van der Waals surface area contributed by atoms with Gasteiger partial charge in [-0.15, -0.1) is 0 Å². The molecule has 0 unspecified atom stereocenters. The molecule has 0 spiro atoms. The normalized spacial score (nSPS) is 11.8. The summed E-state index contributed by atoms with van der Waals surface area (Å²) in [5.74, 6) is 0. The summed E-state index contributed by atoms with van der Waals surface area (Å²) < 4.78 is 4.92. The standard InChI is InChI=1S/C60H42N2Si/c1-5-20-43(21-6-1)50-28-13-14-29-51(50)44-36-38-45(39-37-44)61-55-32-17-15-30-52(55)54-42-46(40-41-57(54)61)62-56-33-18-16-31-53(56)60-58(62)34-19-35-59(60)63(47-22-7-2-8-23-47,48-24-9-3-10-25-48)49-26-11-4-12-27-49/h1-42H.